The van der Waals surface area contributed by atoms with Crippen LogP contribution >= 0.6 is 0 Å². The summed E-state index contributed by atoms with van der Waals surface area (Å²) in [5.41, 5.74) is 1.15. The van der Waals surface area contributed by atoms with Crippen molar-refractivity contribution in [3.05, 3.63) is 11.3 Å². The molecule has 2 aliphatic rings. The van der Waals surface area contributed by atoms with E-state index in [0.29, 0.717) is 18.4 Å². The summed E-state index contributed by atoms with van der Waals surface area (Å²) in [5, 5.41) is 9.32. The Morgan fingerprint density at radius 2 is 2.10 bits per heavy atom. The van der Waals surface area contributed by atoms with Crippen molar-refractivity contribution in [2.45, 2.75) is 20.0 Å². The van der Waals surface area contributed by atoms with Gasteiger partial charge >= 0.3 is 0 Å². The van der Waals surface area contributed by atoms with Crippen molar-refractivity contribution in [1.29, 1.82) is 0 Å². The van der Waals surface area contributed by atoms with Crippen molar-refractivity contribution in [3.8, 4) is 0 Å². The molecule has 2 rings (SSSR count). The lowest BCUT2D eigenvalue weighted by Gasteiger charge is -2.32. The highest BCUT2D eigenvalue weighted by atomic mass is 16.5. The zero-order valence-electron chi connectivity index (χ0n) is 6.29. The van der Waals surface area contributed by atoms with Crippen LogP contribution in [0.3, 0.4) is 0 Å². The van der Waals surface area contributed by atoms with Crippen molar-refractivity contribution >= 4 is 0 Å². The predicted octanol–water partition coefficient (Wildman–Crippen LogP) is 0.917. The summed E-state index contributed by atoms with van der Waals surface area (Å²) in [5.74, 6) is 2.12. The van der Waals surface area contributed by atoms with Gasteiger partial charge in [-0.05, 0) is 5.92 Å². The van der Waals surface area contributed by atoms with Gasteiger partial charge in [-0.3, -0.25) is 0 Å². The zero-order valence-corrected chi connectivity index (χ0v) is 6.29. The van der Waals surface area contributed by atoms with Crippen LogP contribution in [-0.4, -0.2) is 17.8 Å². The third kappa shape index (κ3) is 0.528. The Morgan fingerprint density at radius 3 is 2.70 bits per heavy atom. The third-order valence-electron chi connectivity index (χ3n) is 2.69. The van der Waals surface area contributed by atoms with Crippen molar-refractivity contribution in [1.82, 2.24) is 0 Å². The summed E-state index contributed by atoms with van der Waals surface area (Å²) in [6.45, 7) is 4.77. The molecule has 56 valence electrons. The maximum atomic E-state index is 9.32. The van der Waals surface area contributed by atoms with Crippen LogP contribution < -0.4 is 0 Å². The molecule has 3 atom stereocenters. The van der Waals surface area contributed by atoms with Crippen LogP contribution in [0.15, 0.2) is 11.3 Å². The van der Waals surface area contributed by atoms with E-state index in [-0.39, 0.29) is 6.10 Å². The zero-order chi connectivity index (χ0) is 7.30. The van der Waals surface area contributed by atoms with Crippen molar-refractivity contribution in [3.63, 3.8) is 0 Å². The predicted molar refractivity (Wildman–Crippen MR) is 37.3 cm³/mol. The van der Waals surface area contributed by atoms with Gasteiger partial charge in [0, 0.05) is 11.5 Å². The van der Waals surface area contributed by atoms with E-state index in [1.54, 1.807) is 0 Å². The van der Waals surface area contributed by atoms with E-state index in [9.17, 15) is 5.11 Å². The maximum Gasteiger partial charge on any atom is 0.118 e. The van der Waals surface area contributed by atoms with Crippen LogP contribution in [0.4, 0.5) is 0 Å². The molecule has 0 spiro atoms. The van der Waals surface area contributed by atoms with Crippen molar-refractivity contribution < 1.29 is 9.84 Å². The van der Waals surface area contributed by atoms with Crippen LogP contribution in [0.2, 0.25) is 0 Å². The average molecular weight is 140 g/mol. The summed E-state index contributed by atoms with van der Waals surface area (Å²) in [6, 6.07) is 0. The second-order valence-corrected chi connectivity index (χ2v) is 3.22. The van der Waals surface area contributed by atoms with Gasteiger partial charge in [0.1, 0.15) is 18.5 Å². The van der Waals surface area contributed by atoms with Gasteiger partial charge in [-0.2, -0.15) is 0 Å². The lowest BCUT2D eigenvalue weighted by molar-refractivity contribution is 0.131. The van der Waals surface area contributed by atoms with Crippen molar-refractivity contribution in [2.24, 2.45) is 11.8 Å². The highest BCUT2D eigenvalue weighted by Gasteiger charge is 2.43. The normalized spacial score (nSPS) is 44.5. The van der Waals surface area contributed by atoms with E-state index in [0.717, 1.165) is 11.3 Å². The number of ether oxygens (including phenoxy) is 1. The van der Waals surface area contributed by atoms with Crippen LogP contribution in [0.25, 0.3) is 0 Å². The molecule has 2 heteroatoms. The molecular weight excluding hydrogens is 128 g/mol. The van der Waals surface area contributed by atoms with E-state index in [1.807, 2.05) is 0 Å². The topological polar surface area (TPSA) is 29.5 Å². The lowest BCUT2D eigenvalue weighted by atomic mass is 9.74. The van der Waals surface area contributed by atoms with Gasteiger partial charge in [-0.15, -0.1) is 0 Å². The Labute approximate surface area is 60.5 Å². The number of aliphatic hydroxyl groups excluding tert-OH is 1. The molecule has 0 aromatic carbocycles. The van der Waals surface area contributed by atoms with Crippen LogP contribution in [0.1, 0.15) is 13.8 Å². The highest BCUT2D eigenvalue weighted by Crippen LogP contribution is 2.46. The average Bonchev–Trinajstić information content (AvgIpc) is 2.27. The minimum atomic E-state index is -0.304. The first-order chi connectivity index (χ1) is 4.72. The van der Waals surface area contributed by atoms with Gasteiger partial charge in [-0.1, -0.05) is 13.8 Å². The molecule has 1 N–H and O–H groups in total. The van der Waals surface area contributed by atoms with E-state index in [2.05, 4.69) is 13.8 Å². The van der Waals surface area contributed by atoms with Gasteiger partial charge < -0.3 is 9.84 Å². The molecule has 0 aromatic heterocycles. The van der Waals surface area contributed by atoms with Gasteiger partial charge in [0.05, 0.1) is 0 Å². The van der Waals surface area contributed by atoms with Crippen LogP contribution in [0.5, 0.6) is 0 Å². The number of rotatable bonds is 0. The van der Waals surface area contributed by atoms with E-state index in [1.165, 1.54) is 0 Å². The van der Waals surface area contributed by atoms with E-state index in [4.69, 9.17) is 4.74 Å². The fourth-order valence-corrected chi connectivity index (χ4v) is 1.83. The summed E-state index contributed by atoms with van der Waals surface area (Å²) < 4.78 is 5.28. The van der Waals surface area contributed by atoms with E-state index < -0.39 is 0 Å². The van der Waals surface area contributed by atoms with Gasteiger partial charge in [0.2, 0.25) is 0 Å². The molecular formula is C8H12O2. The van der Waals surface area contributed by atoms with Gasteiger partial charge in [-0.25, -0.2) is 0 Å². The minimum absolute atomic E-state index is 0.304. The number of aliphatic hydroxyl groups is 1. The van der Waals surface area contributed by atoms with Gasteiger partial charge in [0.25, 0.3) is 0 Å². The third-order valence-corrected chi connectivity index (χ3v) is 2.69. The first kappa shape index (κ1) is 6.23. The molecule has 0 radical (unpaired) electrons. The summed E-state index contributed by atoms with van der Waals surface area (Å²) >= 11 is 0. The Morgan fingerprint density at radius 1 is 1.40 bits per heavy atom. The molecule has 1 aliphatic heterocycles. The second kappa shape index (κ2) is 1.76. The molecule has 1 heterocycles. The summed E-state index contributed by atoms with van der Waals surface area (Å²) in [7, 11) is 0. The Balaban J connectivity index is 2.28. The van der Waals surface area contributed by atoms with E-state index >= 15 is 0 Å². The smallest absolute Gasteiger partial charge is 0.118 e. The number of allylic oxidation sites excluding steroid dienone is 1. The molecule has 0 saturated carbocycles. The summed E-state index contributed by atoms with van der Waals surface area (Å²) in [6.07, 6.45) is -0.304. The molecule has 2 nitrogen and oxygen atoms in total. The Hall–Kier alpha value is -0.500. The molecule has 2 unspecified atom stereocenters. The molecule has 0 bridgehead atoms. The molecule has 0 fully saturated rings. The Kier molecular flexibility index (Phi) is 1.09. The fraction of sp³-hybridized carbons (Fsp3) is 0.750. The van der Waals surface area contributed by atoms with Gasteiger partial charge in [0.15, 0.2) is 0 Å². The molecule has 0 aromatic rings. The SMILES string of the molecule is CC1C2=C(C1C)[C@H](O)CO2. The number of hydrogen-bond donors (Lipinski definition) is 1. The minimum Gasteiger partial charge on any atom is -0.495 e. The molecule has 0 saturated heterocycles. The lowest BCUT2D eigenvalue weighted by Crippen LogP contribution is -2.28. The fourth-order valence-electron chi connectivity index (χ4n) is 1.83. The van der Waals surface area contributed by atoms with Crippen molar-refractivity contribution in [2.75, 3.05) is 6.61 Å². The van der Waals surface area contributed by atoms with Crippen LogP contribution in [0, 0.1) is 11.8 Å². The molecule has 10 heavy (non-hydrogen) atoms. The second-order valence-electron chi connectivity index (χ2n) is 3.22. The highest BCUT2D eigenvalue weighted by molar-refractivity contribution is 5.33. The largest absolute Gasteiger partial charge is 0.495 e. The molecule has 1 aliphatic carbocycles. The first-order valence-corrected chi connectivity index (χ1v) is 3.76. The summed E-state index contributed by atoms with van der Waals surface area (Å²) in [4.78, 5) is 0. The van der Waals surface area contributed by atoms with Crippen LogP contribution in [-0.2, 0) is 4.74 Å². The number of hydrogen-bond acceptors (Lipinski definition) is 2. The standard InChI is InChI=1S/C8H12O2/c1-4-5(2)8-7(4)6(9)3-10-8/h4-6,9H,3H2,1-2H3/t4?,5?,6-/m1/s1. The quantitative estimate of drug-likeness (QED) is 0.542. The first-order valence-electron chi connectivity index (χ1n) is 3.76. The maximum absolute atomic E-state index is 9.32. The molecule has 0 amide bonds. The Bertz CT molecular complexity index is 195. The monoisotopic (exact) mass is 140 g/mol.